The fraction of sp³-hybridized carbons (Fsp3) is 0.200. The highest BCUT2D eigenvalue weighted by Crippen LogP contribution is 2.27. The maximum Gasteiger partial charge on any atom is 0.261 e. The minimum absolute atomic E-state index is 0.00600. The van der Waals surface area contributed by atoms with Crippen LogP contribution in [0.5, 0.6) is 5.75 Å². The lowest BCUT2D eigenvalue weighted by Crippen LogP contribution is -2.34. The molecule has 0 spiro atoms. The molecule has 0 unspecified atom stereocenters. The Kier molecular flexibility index (Phi) is 8.52. The number of carbonyl (C=O) groups excluding carboxylic acids is 1. The van der Waals surface area contributed by atoms with Crippen LogP contribution in [0.1, 0.15) is 35.3 Å². The van der Waals surface area contributed by atoms with Crippen molar-refractivity contribution in [3.63, 3.8) is 0 Å². The standard InChI is InChI=1S/C25H26BrN3O4S2/c1-15(2)33-22-13-8-18(14-21(22)26)24(30)28-25(34)27-19-9-11-20(12-10-19)35(31,32)29-23-16(3)6-5-7-17(23)4/h5-15,29H,1-4H3,(H2,27,28,30,34). The van der Waals surface area contributed by atoms with Gasteiger partial charge < -0.3 is 10.1 Å². The van der Waals surface area contributed by atoms with Crippen molar-refractivity contribution in [2.45, 2.75) is 38.7 Å². The number of benzene rings is 3. The normalized spacial score (nSPS) is 11.1. The Labute approximate surface area is 219 Å². The molecule has 0 bridgehead atoms. The molecule has 1 amide bonds. The monoisotopic (exact) mass is 575 g/mol. The molecule has 3 aromatic rings. The van der Waals surface area contributed by atoms with Crippen LogP contribution in [0.25, 0.3) is 0 Å². The summed E-state index contributed by atoms with van der Waals surface area (Å²) in [4.78, 5) is 12.7. The number of anilines is 2. The lowest BCUT2D eigenvalue weighted by Gasteiger charge is -2.14. The smallest absolute Gasteiger partial charge is 0.261 e. The van der Waals surface area contributed by atoms with Crippen LogP contribution in [0.3, 0.4) is 0 Å². The van der Waals surface area contributed by atoms with E-state index in [0.717, 1.165) is 11.1 Å². The number of ether oxygens (including phenoxy) is 1. The van der Waals surface area contributed by atoms with Gasteiger partial charge in [0.05, 0.1) is 21.2 Å². The predicted molar refractivity (Wildman–Crippen MR) is 147 cm³/mol. The van der Waals surface area contributed by atoms with Gasteiger partial charge in [-0.25, -0.2) is 8.42 Å². The number of amides is 1. The van der Waals surface area contributed by atoms with Gasteiger partial charge in [0.1, 0.15) is 5.75 Å². The van der Waals surface area contributed by atoms with Crippen LogP contribution in [0.2, 0.25) is 0 Å². The largest absolute Gasteiger partial charge is 0.490 e. The lowest BCUT2D eigenvalue weighted by molar-refractivity contribution is 0.0977. The van der Waals surface area contributed by atoms with Gasteiger partial charge in [-0.05, 0) is 109 Å². The maximum atomic E-state index is 12.8. The van der Waals surface area contributed by atoms with Gasteiger partial charge in [-0.3, -0.25) is 14.8 Å². The van der Waals surface area contributed by atoms with Crippen LogP contribution in [-0.2, 0) is 10.0 Å². The van der Waals surface area contributed by atoms with Crippen LogP contribution in [0.15, 0.2) is 70.0 Å². The Morgan fingerprint density at radius 3 is 2.20 bits per heavy atom. The molecule has 3 aromatic carbocycles. The molecule has 184 valence electrons. The van der Waals surface area contributed by atoms with Gasteiger partial charge in [0.2, 0.25) is 0 Å². The summed E-state index contributed by atoms with van der Waals surface area (Å²) in [5, 5.41) is 5.58. The van der Waals surface area contributed by atoms with Crippen molar-refractivity contribution >= 4 is 60.6 Å². The molecule has 0 saturated carbocycles. The molecule has 0 aromatic heterocycles. The SMILES string of the molecule is Cc1cccc(C)c1NS(=O)(=O)c1ccc(NC(=S)NC(=O)c2ccc(OC(C)C)c(Br)c2)cc1. The fourth-order valence-corrected chi connectivity index (χ4v) is 5.10. The van der Waals surface area contributed by atoms with E-state index in [1.165, 1.54) is 12.1 Å². The minimum atomic E-state index is -3.77. The van der Waals surface area contributed by atoms with Gasteiger partial charge in [-0.2, -0.15) is 0 Å². The summed E-state index contributed by atoms with van der Waals surface area (Å²) < 4.78 is 34.6. The Balaban J connectivity index is 1.64. The van der Waals surface area contributed by atoms with Crippen molar-refractivity contribution in [1.29, 1.82) is 0 Å². The summed E-state index contributed by atoms with van der Waals surface area (Å²) in [6, 6.07) is 16.7. The fourth-order valence-electron chi connectivity index (χ4n) is 3.22. The zero-order chi connectivity index (χ0) is 25.8. The minimum Gasteiger partial charge on any atom is -0.490 e. The molecule has 0 radical (unpaired) electrons. The van der Waals surface area contributed by atoms with Gasteiger partial charge in [0.15, 0.2) is 5.11 Å². The van der Waals surface area contributed by atoms with Crippen LogP contribution in [-0.4, -0.2) is 25.5 Å². The third-order valence-electron chi connectivity index (χ3n) is 4.92. The molecule has 0 aliphatic carbocycles. The van der Waals surface area contributed by atoms with Crippen molar-refractivity contribution in [1.82, 2.24) is 5.32 Å². The van der Waals surface area contributed by atoms with Crippen molar-refractivity contribution in [3.8, 4) is 5.75 Å². The molecule has 3 N–H and O–H groups in total. The molecule has 0 aliphatic rings. The van der Waals surface area contributed by atoms with E-state index >= 15 is 0 Å². The summed E-state index contributed by atoms with van der Waals surface area (Å²) >= 11 is 8.65. The highest BCUT2D eigenvalue weighted by Gasteiger charge is 2.17. The molecule has 7 nitrogen and oxygen atoms in total. The molecular weight excluding hydrogens is 550 g/mol. The van der Waals surface area contributed by atoms with Crippen molar-refractivity contribution in [2.24, 2.45) is 0 Å². The highest BCUT2D eigenvalue weighted by atomic mass is 79.9. The molecule has 10 heteroatoms. The third-order valence-corrected chi connectivity index (χ3v) is 7.11. The molecule has 0 aliphatic heterocycles. The first-order chi connectivity index (χ1) is 16.5. The number of aryl methyl sites for hydroxylation is 2. The van der Waals surface area contributed by atoms with Crippen LogP contribution >= 0.6 is 28.1 Å². The topological polar surface area (TPSA) is 96.5 Å². The zero-order valence-corrected chi connectivity index (χ0v) is 22.9. The molecular formula is C25H26BrN3O4S2. The van der Waals surface area contributed by atoms with Crippen molar-refractivity contribution in [3.05, 3.63) is 81.8 Å². The van der Waals surface area contributed by atoms with Gasteiger partial charge in [0, 0.05) is 11.3 Å². The first kappa shape index (κ1) is 26.7. The number of nitrogens with one attached hydrogen (secondary N) is 3. The first-order valence-electron chi connectivity index (χ1n) is 10.7. The van der Waals surface area contributed by atoms with E-state index in [1.807, 2.05) is 45.9 Å². The Hall–Kier alpha value is -2.95. The number of hydrogen-bond acceptors (Lipinski definition) is 5. The van der Waals surface area contributed by atoms with Gasteiger partial charge in [0.25, 0.3) is 15.9 Å². The van der Waals surface area contributed by atoms with Crippen LogP contribution in [0, 0.1) is 13.8 Å². The summed E-state index contributed by atoms with van der Waals surface area (Å²) in [6.07, 6.45) is 0.00600. The molecule has 0 fully saturated rings. The second-order valence-electron chi connectivity index (χ2n) is 8.12. The number of sulfonamides is 1. The number of thiocarbonyl (C=S) groups is 1. The highest BCUT2D eigenvalue weighted by molar-refractivity contribution is 9.10. The van der Waals surface area contributed by atoms with E-state index in [2.05, 4.69) is 31.3 Å². The summed E-state index contributed by atoms with van der Waals surface area (Å²) in [6.45, 7) is 7.53. The van der Waals surface area contributed by atoms with E-state index in [1.54, 1.807) is 30.3 Å². The maximum absolute atomic E-state index is 12.8. The number of para-hydroxylation sites is 1. The van der Waals surface area contributed by atoms with Gasteiger partial charge in [-0.15, -0.1) is 0 Å². The average Bonchev–Trinajstić information content (AvgIpc) is 2.77. The molecule has 0 heterocycles. The van der Waals surface area contributed by atoms with Crippen LogP contribution in [0.4, 0.5) is 11.4 Å². The van der Waals surface area contributed by atoms with E-state index in [9.17, 15) is 13.2 Å². The molecule has 35 heavy (non-hydrogen) atoms. The van der Waals surface area contributed by atoms with E-state index < -0.39 is 15.9 Å². The van der Waals surface area contributed by atoms with E-state index in [4.69, 9.17) is 17.0 Å². The van der Waals surface area contributed by atoms with E-state index in [-0.39, 0.29) is 16.1 Å². The van der Waals surface area contributed by atoms with Gasteiger partial charge in [-0.1, -0.05) is 18.2 Å². The number of hydrogen-bond donors (Lipinski definition) is 3. The summed E-state index contributed by atoms with van der Waals surface area (Å²) in [7, 11) is -3.77. The van der Waals surface area contributed by atoms with Crippen molar-refractivity contribution in [2.75, 3.05) is 10.0 Å². The zero-order valence-electron chi connectivity index (χ0n) is 19.7. The number of carbonyl (C=O) groups is 1. The van der Waals surface area contributed by atoms with Crippen molar-refractivity contribution < 1.29 is 17.9 Å². The van der Waals surface area contributed by atoms with E-state index in [0.29, 0.717) is 27.2 Å². The lowest BCUT2D eigenvalue weighted by atomic mass is 10.1. The van der Waals surface area contributed by atoms with Gasteiger partial charge >= 0.3 is 0 Å². The Bertz CT molecular complexity index is 1340. The second-order valence-corrected chi connectivity index (χ2v) is 11.1. The molecule has 0 atom stereocenters. The second kappa shape index (κ2) is 11.2. The summed E-state index contributed by atoms with van der Waals surface area (Å²) in [5.41, 5.74) is 3.16. The number of rotatable bonds is 7. The predicted octanol–water partition coefficient (Wildman–Crippen LogP) is 5.78. The van der Waals surface area contributed by atoms with Crippen LogP contribution < -0.4 is 20.1 Å². The Morgan fingerprint density at radius 1 is 1.00 bits per heavy atom. The Morgan fingerprint density at radius 2 is 1.63 bits per heavy atom. The number of halogens is 1. The summed E-state index contributed by atoms with van der Waals surface area (Å²) in [5.74, 6) is 0.246. The average molecular weight is 577 g/mol. The molecule has 3 rings (SSSR count). The quantitative estimate of drug-likeness (QED) is 0.309. The third kappa shape index (κ3) is 7.03. The molecule has 0 saturated heterocycles. The first-order valence-corrected chi connectivity index (χ1v) is 13.4.